The molecule has 0 aromatic rings. The van der Waals surface area contributed by atoms with E-state index in [2.05, 4.69) is 4.90 Å². The van der Waals surface area contributed by atoms with Crippen LogP contribution in [0.1, 0.15) is 33.1 Å². The smallest absolute Gasteiger partial charge is 0.243 e. The zero-order chi connectivity index (χ0) is 15.8. The zero-order valence-corrected chi connectivity index (χ0v) is 14.0. The molecule has 0 aromatic heterocycles. The number of nitrogens with zero attached hydrogens (tertiary/aromatic N) is 2. The second-order valence-electron chi connectivity index (χ2n) is 6.85. The SMILES string of the molecule is CC(C)(C(=O)N1CCC(N2CCC(N)CC2)C1)S(C)(=O)=O. The fourth-order valence-electron chi connectivity index (χ4n) is 3.05. The second-order valence-corrected chi connectivity index (χ2v) is 9.41. The highest BCUT2D eigenvalue weighted by Crippen LogP contribution is 2.25. The van der Waals surface area contributed by atoms with Gasteiger partial charge in [-0.05, 0) is 46.2 Å². The summed E-state index contributed by atoms with van der Waals surface area (Å²) < 4.78 is 22.3. The molecule has 0 saturated carbocycles. The van der Waals surface area contributed by atoms with Crippen LogP contribution in [0.2, 0.25) is 0 Å². The number of sulfone groups is 1. The van der Waals surface area contributed by atoms with Crippen molar-refractivity contribution >= 4 is 15.7 Å². The lowest BCUT2D eigenvalue weighted by Gasteiger charge is -2.35. The van der Waals surface area contributed by atoms with E-state index in [1.54, 1.807) is 4.90 Å². The highest BCUT2D eigenvalue weighted by atomic mass is 32.2. The average Bonchev–Trinajstić information content (AvgIpc) is 2.86. The molecule has 7 heteroatoms. The molecule has 6 nitrogen and oxygen atoms in total. The molecule has 2 N–H and O–H groups in total. The van der Waals surface area contributed by atoms with Gasteiger partial charge in [-0.1, -0.05) is 0 Å². The monoisotopic (exact) mass is 317 g/mol. The van der Waals surface area contributed by atoms with Gasteiger partial charge >= 0.3 is 0 Å². The topological polar surface area (TPSA) is 83.7 Å². The van der Waals surface area contributed by atoms with Crippen molar-refractivity contribution in [3.05, 3.63) is 0 Å². The summed E-state index contributed by atoms with van der Waals surface area (Å²) in [4.78, 5) is 16.6. The molecule has 2 aliphatic heterocycles. The third-order valence-corrected chi connectivity index (χ3v) is 7.01. The largest absolute Gasteiger partial charge is 0.340 e. The summed E-state index contributed by atoms with van der Waals surface area (Å²) in [7, 11) is -3.41. The Kier molecular flexibility index (Phi) is 4.66. The molecular formula is C14H27N3O3S. The van der Waals surface area contributed by atoms with Gasteiger partial charge in [-0.15, -0.1) is 0 Å². The molecule has 122 valence electrons. The Morgan fingerprint density at radius 1 is 1.14 bits per heavy atom. The summed E-state index contributed by atoms with van der Waals surface area (Å²) >= 11 is 0. The molecule has 2 heterocycles. The number of amides is 1. The van der Waals surface area contributed by atoms with Gasteiger partial charge in [-0.25, -0.2) is 8.42 Å². The molecule has 1 atom stereocenters. The predicted octanol–water partition coefficient (Wildman–Crippen LogP) is -0.166. The number of carbonyl (C=O) groups is 1. The van der Waals surface area contributed by atoms with E-state index in [1.807, 2.05) is 0 Å². The van der Waals surface area contributed by atoms with Crippen LogP contribution in [0.15, 0.2) is 0 Å². The molecule has 0 aliphatic carbocycles. The number of nitrogens with two attached hydrogens (primary N) is 1. The number of piperidine rings is 1. The first-order chi connectivity index (χ1) is 9.63. The highest BCUT2D eigenvalue weighted by Gasteiger charge is 2.43. The first-order valence-corrected chi connectivity index (χ1v) is 9.50. The van der Waals surface area contributed by atoms with Crippen molar-refractivity contribution in [2.75, 3.05) is 32.4 Å². The van der Waals surface area contributed by atoms with E-state index in [0.717, 1.165) is 38.6 Å². The molecule has 0 bridgehead atoms. The fraction of sp³-hybridized carbons (Fsp3) is 0.929. The Morgan fingerprint density at radius 3 is 2.24 bits per heavy atom. The quantitative estimate of drug-likeness (QED) is 0.781. The maximum absolute atomic E-state index is 12.5. The van der Waals surface area contributed by atoms with Crippen LogP contribution >= 0.6 is 0 Å². The normalized spacial score (nSPS) is 26.3. The molecular weight excluding hydrogens is 290 g/mol. The molecule has 2 fully saturated rings. The summed E-state index contributed by atoms with van der Waals surface area (Å²) in [6.45, 7) is 6.22. The molecule has 0 radical (unpaired) electrons. The highest BCUT2D eigenvalue weighted by molar-refractivity contribution is 7.92. The number of rotatable bonds is 3. The lowest BCUT2D eigenvalue weighted by Crippen LogP contribution is -2.50. The van der Waals surface area contributed by atoms with Crippen molar-refractivity contribution in [2.24, 2.45) is 5.73 Å². The van der Waals surface area contributed by atoms with Crippen LogP contribution in [0.4, 0.5) is 0 Å². The minimum Gasteiger partial charge on any atom is -0.340 e. The minimum atomic E-state index is -3.41. The molecule has 1 amide bonds. The maximum atomic E-state index is 12.5. The molecule has 0 spiro atoms. The summed E-state index contributed by atoms with van der Waals surface area (Å²) in [6, 6.07) is 0.640. The van der Waals surface area contributed by atoms with Crippen LogP contribution in [0, 0.1) is 0 Å². The van der Waals surface area contributed by atoms with Gasteiger partial charge in [0, 0.05) is 31.4 Å². The third-order valence-electron chi connectivity index (χ3n) is 4.98. The second kappa shape index (κ2) is 5.85. The summed E-state index contributed by atoms with van der Waals surface area (Å²) in [5.41, 5.74) is 5.92. The van der Waals surface area contributed by atoms with E-state index in [4.69, 9.17) is 5.73 Å². The first kappa shape index (κ1) is 16.7. The van der Waals surface area contributed by atoms with Gasteiger partial charge in [-0.3, -0.25) is 9.69 Å². The number of carbonyl (C=O) groups excluding carboxylic acids is 1. The Morgan fingerprint density at radius 2 is 1.71 bits per heavy atom. The molecule has 2 aliphatic rings. The van der Waals surface area contributed by atoms with Crippen molar-refractivity contribution in [1.29, 1.82) is 0 Å². The standard InChI is InChI=1S/C14H27N3O3S/c1-14(2,21(3,19)20)13(18)17-9-6-12(10-17)16-7-4-11(15)5-8-16/h11-12H,4-10,15H2,1-3H3. The maximum Gasteiger partial charge on any atom is 0.243 e. The van der Waals surface area contributed by atoms with Gasteiger partial charge in [-0.2, -0.15) is 0 Å². The fourth-order valence-corrected chi connectivity index (χ4v) is 3.49. The van der Waals surface area contributed by atoms with Crippen molar-refractivity contribution in [3.8, 4) is 0 Å². The van der Waals surface area contributed by atoms with Crippen LogP contribution in [0.5, 0.6) is 0 Å². The minimum absolute atomic E-state index is 0.277. The Bertz CT molecular complexity index is 496. The molecule has 2 rings (SSSR count). The van der Waals surface area contributed by atoms with Gasteiger partial charge in [0.1, 0.15) is 4.75 Å². The molecule has 2 saturated heterocycles. The molecule has 21 heavy (non-hydrogen) atoms. The van der Waals surface area contributed by atoms with Crippen LogP contribution in [-0.2, 0) is 14.6 Å². The lowest BCUT2D eigenvalue weighted by atomic mass is 10.0. The molecule has 1 unspecified atom stereocenters. The van der Waals surface area contributed by atoms with Crippen LogP contribution in [0.25, 0.3) is 0 Å². The van der Waals surface area contributed by atoms with Gasteiger partial charge in [0.25, 0.3) is 0 Å². The zero-order valence-electron chi connectivity index (χ0n) is 13.2. The van der Waals surface area contributed by atoms with Gasteiger partial charge in [0.2, 0.25) is 5.91 Å². The van der Waals surface area contributed by atoms with Gasteiger partial charge < -0.3 is 10.6 Å². The summed E-state index contributed by atoms with van der Waals surface area (Å²) in [5.74, 6) is -0.277. The van der Waals surface area contributed by atoms with Gasteiger partial charge in [0.05, 0.1) is 0 Å². The average molecular weight is 317 g/mol. The van der Waals surface area contributed by atoms with E-state index in [0.29, 0.717) is 25.2 Å². The van der Waals surface area contributed by atoms with E-state index in [9.17, 15) is 13.2 Å². The van der Waals surface area contributed by atoms with Crippen LogP contribution in [-0.4, -0.2) is 73.4 Å². The third kappa shape index (κ3) is 3.40. The lowest BCUT2D eigenvalue weighted by molar-refractivity contribution is -0.132. The molecule has 0 aromatic carbocycles. The number of hydrogen-bond donors (Lipinski definition) is 1. The summed E-state index contributed by atoms with van der Waals surface area (Å²) in [6.07, 6.45) is 4.05. The van der Waals surface area contributed by atoms with E-state index in [1.165, 1.54) is 13.8 Å². The van der Waals surface area contributed by atoms with Crippen molar-refractivity contribution in [2.45, 2.75) is 49.9 Å². The van der Waals surface area contributed by atoms with E-state index < -0.39 is 14.6 Å². The number of hydrogen-bond acceptors (Lipinski definition) is 5. The van der Waals surface area contributed by atoms with E-state index in [-0.39, 0.29) is 5.91 Å². The Labute approximate surface area is 127 Å². The van der Waals surface area contributed by atoms with Crippen LogP contribution in [0.3, 0.4) is 0 Å². The van der Waals surface area contributed by atoms with Gasteiger partial charge in [0.15, 0.2) is 9.84 Å². The summed E-state index contributed by atoms with van der Waals surface area (Å²) in [5, 5.41) is 0. The number of likely N-dealkylation sites (tertiary alicyclic amines) is 2. The first-order valence-electron chi connectivity index (χ1n) is 7.61. The van der Waals surface area contributed by atoms with E-state index >= 15 is 0 Å². The van der Waals surface area contributed by atoms with Crippen molar-refractivity contribution < 1.29 is 13.2 Å². The predicted molar refractivity (Wildman–Crippen MR) is 82.7 cm³/mol. The van der Waals surface area contributed by atoms with Crippen molar-refractivity contribution in [1.82, 2.24) is 9.80 Å². The van der Waals surface area contributed by atoms with Crippen LogP contribution < -0.4 is 5.73 Å². The van der Waals surface area contributed by atoms with Crippen molar-refractivity contribution in [3.63, 3.8) is 0 Å². The Balaban J connectivity index is 1.98. The Hall–Kier alpha value is -0.660.